The molecule has 2 atom stereocenters. The van der Waals surface area contributed by atoms with Crippen molar-refractivity contribution < 1.29 is 19.5 Å². The Morgan fingerprint density at radius 2 is 1.23 bits per heavy atom. The van der Waals surface area contributed by atoms with Gasteiger partial charge >= 0.3 is 5.97 Å². The molecule has 1 saturated heterocycles. The van der Waals surface area contributed by atoms with Crippen LogP contribution in [-0.2, 0) is 9.59 Å². The lowest BCUT2D eigenvalue weighted by molar-refractivity contribution is -0.122. The number of benzene rings is 3. The molecule has 3 aliphatic carbocycles. The van der Waals surface area contributed by atoms with Gasteiger partial charge in [-0.15, -0.1) is 0 Å². The van der Waals surface area contributed by atoms with Crippen LogP contribution >= 0.6 is 11.6 Å². The quantitative estimate of drug-likeness (QED) is 0.611. The zero-order valence-electron chi connectivity index (χ0n) is 16.2. The lowest BCUT2D eigenvalue weighted by atomic mass is 9.55. The molecular formula is C25H16ClNO4. The summed E-state index contributed by atoms with van der Waals surface area (Å²) in [4.78, 5) is 40.0. The molecule has 3 aromatic rings. The van der Waals surface area contributed by atoms with Gasteiger partial charge in [0.05, 0.1) is 28.1 Å². The van der Waals surface area contributed by atoms with Crippen LogP contribution in [0.15, 0.2) is 66.7 Å². The molecule has 0 unspecified atom stereocenters. The number of hydrogen-bond acceptors (Lipinski definition) is 3. The van der Waals surface area contributed by atoms with Gasteiger partial charge < -0.3 is 5.11 Å². The second kappa shape index (κ2) is 6.28. The van der Waals surface area contributed by atoms with Crippen LogP contribution < -0.4 is 4.90 Å². The number of aromatic carboxylic acids is 1. The predicted molar refractivity (Wildman–Crippen MR) is 114 cm³/mol. The van der Waals surface area contributed by atoms with Gasteiger partial charge in [0.1, 0.15) is 0 Å². The maximum atomic E-state index is 13.7. The van der Waals surface area contributed by atoms with E-state index in [1.807, 2.05) is 48.5 Å². The van der Waals surface area contributed by atoms with E-state index in [1.165, 1.54) is 18.2 Å². The van der Waals surface area contributed by atoms with Gasteiger partial charge in [0.15, 0.2) is 0 Å². The summed E-state index contributed by atoms with van der Waals surface area (Å²) in [6.45, 7) is 0. The fourth-order valence-electron chi connectivity index (χ4n) is 5.75. The van der Waals surface area contributed by atoms with E-state index in [0.29, 0.717) is 0 Å². The van der Waals surface area contributed by atoms with E-state index in [-0.39, 0.29) is 39.9 Å². The Labute approximate surface area is 182 Å². The van der Waals surface area contributed by atoms with E-state index in [4.69, 9.17) is 11.6 Å². The zero-order chi connectivity index (χ0) is 21.4. The van der Waals surface area contributed by atoms with Crippen molar-refractivity contribution in [3.8, 4) is 0 Å². The zero-order valence-corrected chi connectivity index (χ0v) is 16.9. The molecule has 2 bridgehead atoms. The standard InChI is InChI=1S/C25H16ClNO4/c26-18-10-9-12(11-17(18)25(30)31)27-23(28)21-19-13-5-1-2-6-14(13)20(22(21)24(27)29)16-8-4-3-7-15(16)19/h1-11,19-22H,(H,30,31)/t19?,20?,21-,22+. The Morgan fingerprint density at radius 1 is 0.774 bits per heavy atom. The number of anilines is 1. The molecule has 0 spiro atoms. The smallest absolute Gasteiger partial charge is 0.337 e. The van der Waals surface area contributed by atoms with Crippen LogP contribution in [0.2, 0.25) is 5.02 Å². The Bertz CT molecular complexity index is 1200. The van der Waals surface area contributed by atoms with Gasteiger partial charge in [-0.3, -0.25) is 9.59 Å². The van der Waals surface area contributed by atoms with Gasteiger partial charge in [0.25, 0.3) is 0 Å². The van der Waals surface area contributed by atoms with Gasteiger partial charge in [0.2, 0.25) is 11.8 Å². The fourth-order valence-corrected chi connectivity index (χ4v) is 5.95. The van der Waals surface area contributed by atoms with E-state index < -0.39 is 17.8 Å². The number of imide groups is 1. The third-order valence-electron chi connectivity index (χ3n) is 6.89. The van der Waals surface area contributed by atoms with E-state index in [0.717, 1.165) is 27.2 Å². The molecule has 2 amide bonds. The predicted octanol–water partition coefficient (Wildman–Crippen LogP) is 4.43. The van der Waals surface area contributed by atoms with Crippen LogP contribution in [0.3, 0.4) is 0 Å². The summed E-state index contributed by atoms with van der Waals surface area (Å²) in [6.07, 6.45) is 0. The maximum absolute atomic E-state index is 13.7. The Kier molecular flexibility index (Phi) is 3.72. The van der Waals surface area contributed by atoms with Crippen molar-refractivity contribution in [3.63, 3.8) is 0 Å². The molecule has 3 aromatic carbocycles. The summed E-state index contributed by atoms with van der Waals surface area (Å²) in [5.41, 5.74) is 4.49. The fraction of sp³-hybridized carbons (Fsp3) is 0.160. The summed E-state index contributed by atoms with van der Waals surface area (Å²) in [6, 6.07) is 20.3. The van der Waals surface area contributed by atoms with Crippen LogP contribution in [0.5, 0.6) is 0 Å². The van der Waals surface area contributed by atoms with E-state index in [9.17, 15) is 19.5 Å². The largest absolute Gasteiger partial charge is 0.478 e. The van der Waals surface area contributed by atoms with Crippen molar-refractivity contribution in [2.24, 2.45) is 11.8 Å². The van der Waals surface area contributed by atoms with Crippen LogP contribution in [-0.4, -0.2) is 22.9 Å². The summed E-state index contributed by atoms with van der Waals surface area (Å²) >= 11 is 6.00. The van der Waals surface area contributed by atoms with Crippen LogP contribution in [0, 0.1) is 11.8 Å². The Morgan fingerprint density at radius 3 is 1.65 bits per heavy atom. The highest BCUT2D eigenvalue weighted by Crippen LogP contribution is 2.61. The number of carboxylic acids is 1. The van der Waals surface area contributed by atoms with Crippen molar-refractivity contribution in [2.45, 2.75) is 11.8 Å². The van der Waals surface area contributed by atoms with Crippen LogP contribution in [0.4, 0.5) is 5.69 Å². The van der Waals surface area contributed by atoms with E-state index >= 15 is 0 Å². The first-order chi connectivity index (χ1) is 15.0. The Hall–Kier alpha value is -3.44. The molecule has 7 rings (SSSR count). The van der Waals surface area contributed by atoms with Crippen molar-refractivity contribution in [2.75, 3.05) is 4.90 Å². The number of carbonyl (C=O) groups excluding carboxylic acids is 2. The molecule has 1 N–H and O–H groups in total. The second-order valence-corrected chi connectivity index (χ2v) is 8.65. The molecule has 1 fully saturated rings. The molecule has 152 valence electrons. The second-order valence-electron chi connectivity index (χ2n) is 8.25. The SMILES string of the molecule is O=C(O)c1cc(N2C(=O)[C@@H]3C4c5ccccc5C(c5ccccc54)[C@@H]3C2=O)ccc1Cl. The number of hydrogen-bond donors (Lipinski definition) is 1. The summed E-state index contributed by atoms with van der Waals surface area (Å²) in [5.74, 6) is -3.19. The van der Waals surface area contributed by atoms with Crippen molar-refractivity contribution in [1.29, 1.82) is 0 Å². The van der Waals surface area contributed by atoms with Crippen molar-refractivity contribution >= 4 is 35.1 Å². The number of rotatable bonds is 2. The number of carbonyl (C=O) groups is 3. The molecule has 1 aliphatic heterocycles. The number of carboxylic acid groups (broad SMARTS) is 1. The normalized spacial score (nSPS) is 25.3. The summed E-state index contributed by atoms with van der Waals surface area (Å²) in [5, 5.41) is 9.49. The minimum atomic E-state index is -1.21. The van der Waals surface area contributed by atoms with E-state index in [2.05, 4.69) is 0 Å². The average Bonchev–Trinajstić information content (AvgIpc) is 3.05. The number of amides is 2. The van der Waals surface area contributed by atoms with Crippen molar-refractivity contribution in [1.82, 2.24) is 0 Å². The molecule has 5 nitrogen and oxygen atoms in total. The van der Waals surface area contributed by atoms with Gasteiger partial charge in [-0.25, -0.2) is 9.69 Å². The molecule has 4 aliphatic rings. The van der Waals surface area contributed by atoms with Gasteiger partial charge in [-0.2, -0.15) is 0 Å². The lowest BCUT2D eigenvalue weighted by Gasteiger charge is -2.45. The lowest BCUT2D eigenvalue weighted by Crippen LogP contribution is -2.41. The van der Waals surface area contributed by atoms with Gasteiger partial charge in [-0.1, -0.05) is 60.1 Å². The number of halogens is 1. The highest BCUT2D eigenvalue weighted by molar-refractivity contribution is 6.34. The van der Waals surface area contributed by atoms with Crippen LogP contribution in [0.1, 0.15) is 44.4 Å². The third-order valence-corrected chi connectivity index (χ3v) is 7.22. The molecule has 0 aromatic heterocycles. The molecule has 0 saturated carbocycles. The first-order valence-corrected chi connectivity index (χ1v) is 10.4. The highest BCUT2D eigenvalue weighted by Gasteiger charge is 2.61. The minimum absolute atomic E-state index is 0.0626. The first-order valence-electron chi connectivity index (χ1n) is 10.1. The minimum Gasteiger partial charge on any atom is -0.478 e. The van der Waals surface area contributed by atoms with E-state index in [1.54, 1.807) is 0 Å². The monoisotopic (exact) mass is 429 g/mol. The van der Waals surface area contributed by atoms with Gasteiger partial charge in [-0.05, 0) is 40.5 Å². The molecule has 1 heterocycles. The maximum Gasteiger partial charge on any atom is 0.337 e. The topological polar surface area (TPSA) is 74.7 Å². The highest BCUT2D eigenvalue weighted by atomic mass is 35.5. The molecule has 0 radical (unpaired) electrons. The van der Waals surface area contributed by atoms with Crippen LogP contribution in [0.25, 0.3) is 0 Å². The third kappa shape index (κ3) is 2.29. The molecular weight excluding hydrogens is 414 g/mol. The first kappa shape index (κ1) is 18.3. The summed E-state index contributed by atoms with van der Waals surface area (Å²) in [7, 11) is 0. The average molecular weight is 430 g/mol. The van der Waals surface area contributed by atoms with Crippen molar-refractivity contribution in [3.05, 3.63) is 99.6 Å². The molecule has 6 heteroatoms. The van der Waals surface area contributed by atoms with Gasteiger partial charge in [0, 0.05) is 11.8 Å². The Balaban J connectivity index is 1.54. The number of nitrogens with zero attached hydrogens (tertiary/aromatic N) is 1. The molecule has 31 heavy (non-hydrogen) atoms. The summed E-state index contributed by atoms with van der Waals surface area (Å²) < 4.78 is 0.